The molecule has 3 atom stereocenters. The summed E-state index contributed by atoms with van der Waals surface area (Å²) >= 11 is 1.51. The van der Waals surface area contributed by atoms with Gasteiger partial charge in [-0.1, -0.05) is 20.3 Å². The fourth-order valence-corrected chi connectivity index (χ4v) is 6.10. The van der Waals surface area contributed by atoms with Crippen molar-refractivity contribution in [2.75, 3.05) is 0 Å². The van der Waals surface area contributed by atoms with E-state index >= 15 is 0 Å². The summed E-state index contributed by atoms with van der Waals surface area (Å²) in [4.78, 5) is 1.49. The van der Waals surface area contributed by atoms with Gasteiger partial charge in [-0.15, -0.1) is 11.3 Å². The molecule has 0 spiro atoms. The Morgan fingerprint density at radius 1 is 1.33 bits per heavy atom. The number of thiophene rings is 1. The van der Waals surface area contributed by atoms with Crippen molar-refractivity contribution in [2.45, 2.75) is 63.1 Å². The van der Waals surface area contributed by atoms with Gasteiger partial charge in [-0.05, 0) is 37.2 Å². The van der Waals surface area contributed by atoms with E-state index in [0.29, 0.717) is 16.9 Å². The molecule has 0 aliphatic heterocycles. The van der Waals surface area contributed by atoms with Crippen molar-refractivity contribution in [2.24, 2.45) is 11.8 Å². The van der Waals surface area contributed by atoms with Gasteiger partial charge in [0.25, 0.3) is 0 Å². The van der Waals surface area contributed by atoms with Gasteiger partial charge in [-0.3, -0.25) is 0 Å². The lowest BCUT2D eigenvalue weighted by Crippen LogP contribution is -2.38. The summed E-state index contributed by atoms with van der Waals surface area (Å²) < 4.78 is 27.9. The van der Waals surface area contributed by atoms with Crippen LogP contribution in [0.4, 0.5) is 0 Å². The second-order valence-corrected chi connectivity index (χ2v) is 9.40. The minimum absolute atomic E-state index is 0.158. The van der Waals surface area contributed by atoms with Crippen molar-refractivity contribution in [3.8, 4) is 0 Å². The molecule has 0 amide bonds. The van der Waals surface area contributed by atoms with Crippen LogP contribution in [0.5, 0.6) is 0 Å². The highest BCUT2D eigenvalue weighted by Crippen LogP contribution is 2.44. The summed E-state index contributed by atoms with van der Waals surface area (Å²) in [6.07, 6.45) is 4.70. The molecule has 21 heavy (non-hydrogen) atoms. The topological polar surface area (TPSA) is 58.2 Å². The number of hydrogen-bond donors (Lipinski definition) is 2. The van der Waals surface area contributed by atoms with Crippen molar-refractivity contribution in [3.63, 3.8) is 0 Å². The zero-order valence-corrected chi connectivity index (χ0v) is 14.3. The second kappa shape index (κ2) is 5.99. The van der Waals surface area contributed by atoms with Gasteiger partial charge in [-0.2, -0.15) is 0 Å². The quantitative estimate of drug-likeness (QED) is 0.844. The van der Waals surface area contributed by atoms with Gasteiger partial charge in [-0.25, -0.2) is 13.1 Å². The number of rotatable bonds is 6. The SMILES string of the molecule is CC(C)NCc1cc(S(=O)(=O)NC2CC3CCC2C3)cs1. The molecule has 3 rings (SSSR count). The molecule has 2 N–H and O–H groups in total. The molecular weight excluding hydrogens is 304 g/mol. The Hall–Kier alpha value is -0.430. The maximum atomic E-state index is 12.5. The first-order chi connectivity index (χ1) is 9.94. The minimum Gasteiger partial charge on any atom is -0.310 e. The van der Waals surface area contributed by atoms with Crippen LogP contribution in [0.1, 0.15) is 44.4 Å². The molecular formula is C15H24N2O2S2. The summed E-state index contributed by atoms with van der Waals surface area (Å²) in [5, 5.41) is 5.07. The molecule has 3 unspecified atom stereocenters. The van der Waals surface area contributed by atoms with E-state index in [1.165, 1.54) is 30.6 Å². The first-order valence-electron chi connectivity index (χ1n) is 7.77. The Labute approximate surface area is 131 Å². The van der Waals surface area contributed by atoms with Crippen molar-refractivity contribution in [1.82, 2.24) is 10.0 Å². The smallest absolute Gasteiger partial charge is 0.241 e. The molecule has 0 aromatic carbocycles. The lowest BCUT2D eigenvalue weighted by Gasteiger charge is -2.22. The predicted octanol–water partition coefficient (Wildman–Crippen LogP) is 2.71. The summed E-state index contributed by atoms with van der Waals surface area (Å²) in [6.45, 7) is 4.90. The third kappa shape index (κ3) is 3.50. The largest absolute Gasteiger partial charge is 0.310 e. The average molecular weight is 329 g/mol. The van der Waals surface area contributed by atoms with Gasteiger partial charge in [0.2, 0.25) is 10.0 Å². The number of nitrogens with one attached hydrogen (secondary N) is 2. The summed E-state index contributed by atoms with van der Waals surface area (Å²) in [7, 11) is -3.35. The molecule has 0 saturated heterocycles. The molecule has 2 aliphatic carbocycles. The Morgan fingerprint density at radius 2 is 2.14 bits per heavy atom. The highest BCUT2D eigenvalue weighted by atomic mass is 32.2. The average Bonchev–Trinajstić information content (AvgIpc) is 3.12. The summed E-state index contributed by atoms with van der Waals surface area (Å²) in [6, 6.07) is 2.36. The predicted molar refractivity (Wildman–Crippen MR) is 85.9 cm³/mol. The summed E-state index contributed by atoms with van der Waals surface area (Å²) in [5.74, 6) is 1.31. The van der Waals surface area contributed by atoms with Crippen LogP contribution in [-0.2, 0) is 16.6 Å². The maximum Gasteiger partial charge on any atom is 0.241 e. The Balaban J connectivity index is 1.64. The summed E-state index contributed by atoms with van der Waals surface area (Å²) in [5.41, 5.74) is 0. The molecule has 0 radical (unpaired) electrons. The molecule has 1 aromatic heterocycles. The van der Waals surface area contributed by atoms with Gasteiger partial charge in [0.15, 0.2) is 0 Å². The van der Waals surface area contributed by atoms with E-state index in [0.717, 1.165) is 23.8 Å². The van der Waals surface area contributed by atoms with Gasteiger partial charge < -0.3 is 5.32 Å². The molecule has 118 valence electrons. The number of hydrogen-bond acceptors (Lipinski definition) is 4. The zero-order valence-electron chi connectivity index (χ0n) is 12.6. The zero-order chi connectivity index (χ0) is 15.0. The van der Waals surface area contributed by atoms with E-state index in [9.17, 15) is 8.42 Å². The molecule has 2 fully saturated rings. The van der Waals surface area contributed by atoms with E-state index in [1.54, 1.807) is 11.4 Å². The molecule has 1 heterocycles. The first kappa shape index (κ1) is 15.5. The molecule has 1 aromatic rings. The monoisotopic (exact) mass is 328 g/mol. The molecule has 6 heteroatoms. The molecule has 4 nitrogen and oxygen atoms in total. The maximum absolute atomic E-state index is 12.5. The van der Waals surface area contributed by atoms with E-state index < -0.39 is 10.0 Å². The van der Waals surface area contributed by atoms with Crippen LogP contribution in [0.15, 0.2) is 16.3 Å². The van der Waals surface area contributed by atoms with Crippen molar-refractivity contribution in [1.29, 1.82) is 0 Å². The van der Waals surface area contributed by atoms with Crippen molar-refractivity contribution in [3.05, 3.63) is 16.3 Å². The Bertz CT molecular complexity index is 595. The van der Waals surface area contributed by atoms with Crippen LogP contribution >= 0.6 is 11.3 Å². The van der Waals surface area contributed by atoms with Crippen LogP contribution in [-0.4, -0.2) is 20.5 Å². The van der Waals surface area contributed by atoms with Crippen molar-refractivity contribution >= 4 is 21.4 Å². The lowest BCUT2D eigenvalue weighted by molar-refractivity contribution is 0.390. The van der Waals surface area contributed by atoms with Gasteiger partial charge in [0.1, 0.15) is 0 Å². The highest BCUT2D eigenvalue weighted by Gasteiger charge is 2.41. The number of sulfonamides is 1. The first-order valence-corrected chi connectivity index (χ1v) is 10.1. The highest BCUT2D eigenvalue weighted by molar-refractivity contribution is 7.89. The van der Waals surface area contributed by atoms with Crippen LogP contribution in [0.2, 0.25) is 0 Å². The van der Waals surface area contributed by atoms with Crippen molar-refractivity contribution < 1.29 is 8.42 Å². The normalized spacial score (nSPS) is 28.6. The van der Waals surface area contributed by atoms with Crippen LogP contribution in [0.3, 0.4) is 0 Å². The molecule has 2 aliphatic rings. The Kier molecular flexibility index (Phi) is 4.41. The van der Waals surface area contributed by atoms with E-state index in [-0.39, 0.29) is 6.04 Å². The fraction of sp³-hybridized carbons (Fsp3) is 0.733. The van der Waals surface area contributed by atoms with E-state index in [1.807, 2.05) is 0 Å². The standard InChI is InChI=1S/C15H24N2O2S2/c1-10(2)16-8-13-7-14(9-20-13)21(18,19)17-15-6-11-3-4-12(15)5-11/h7,9-12,15-17H,3-6,8H2,1-2H3. The second-order valence-electron chi connectivity index (χ2n) is 6.69. The third-order valence-corrected chi connectivity index (χ3v) is 7.22. The van der Waals surface area contributed by atoms with Crippen LogP contribution < -0.4 is 10.0 Å². The molecule has 2 bridgehead atoms. The third-order valence-electron chi connectivity index (χ3n) is 4.67. The number of fused-ring (bicyclic) bond motifs is 2. The fourth-order valence-electron chi connectivity index (χ4n) is 3.56. The molecule has 2 saturated carbocycles. The van der Waals surface area contributed by atoms with Crippen LogP contribution in [0, 0.1) is 11.8 Å². The van der Waals surface area contributed by atoms with Crippen LogP contribution in [0.25, 0.3) is 0 Å². The minimum atomic E-state index is -3.35. The van der Waals surface area contributed by atoms with Gasteiger partial charge >= 0.3 is 0 Å². The van der Waals surface area contributed by atoms with Gasteiger partial charge in [0.05, 0.1) is 4.90 Å². The van der Waals surface area contributed by atoms with E-state index in [4.69, 9.17) is 0 Å². The lowest BCUT2D eigenvalue weighted by atomic mass is 9.96. The Morgan fingerprint density at radius 3 is 2.76 bits per heavy atom. The van der Waals surface area contributed by atoms with Gasteiger partial charge in [0, 0.05) is 28.9 Å². The van der Waals surface area contributed by atoms with E-state index in [2.05, 4.69) is 23.9 Å².